The smallest absolute Gasteiger partial charge is 0.462 e. The quantitative estimate of drug-likeness (QED) is 0.0222. The van der Waals surface area contributed by atoms with Crippen LogP contribution in [-0.2, 0) is 65.4 Å². The van der Waals surface area contributed by atoms with Gasteiger partial charge in [0.15, 0.2) is 12.2 Å². The molecule has 0 aliphatic heterocycles. The second-order valence-corrected chi connectivity index (χ2v) is 28.9. The van der Waals surface area contributed by atoms with Crippen LogP contribution in [0, 0.1) is 0 Å². The van der Waals surface area contributed by atoms with Crippen molar-refractivity contribution < 1.29 is 80.2 Å². The zero-order chi connectivity index (χ0) is 66.8. The number of aliphatic hydroxyl groups is 1. The van der Waals surface area contributed by atoms with E-state index in [9.17, 15) is 43.2 Å². The highest BCUT2D eigenvalue weighted by molar-refractivity contribution is 7.47. The Kier molecular flexibility index (Phi) is 65.2. The van der Waals surface area contributed by atoms with Crippen LogP contribution in [0.25, 0.3) is 0 Å². The second kappa shape index (κ2) is 66.7. The van der Waals surface area contributed by atoms with Crippen LogP contribution in [0.5, 0.6) is 0 Å². The van der Waals surface area contributed by atoms with Gasteiger partial charge in [-0.3, -0.25) is 37.3 Å². The van der Waals surface area contributed by atoms with E-state index in [-0.39, 0.29) is 25.7 Å². The molecule has 0 aromatic carbocycles. The molecule has 2 unspecified atom stereocenters. The van der Waals surface area contributed by atoms with Crippen molar-refractivity contribution in [3.8, 4) is 0 Å². The number of aliphatic hydroxyl groups excluding tert-OH is 1. The van der Waals surface area contributed by atoms with Crippen molar-refractivity contribution in [2.24, 2.45) is 0 Å². The molecule has 0 rings (SSSR count). The second-order valence-electron chi connectivity index (χ2n) is 26.0. The SMILES string of the molecule is CCCCCCCCCCCCCCCCCCC(=O)O[C@H](COC(=O)CCCCCCCCCCCCCCCCC)COP(=O)(O)OC[C@@H](O)COP(=O)(O)OC[C@@H](COC(=O)CCCCCCCCCCC)OC(=O)CCCCCCCCCCCCC. The summed E-state index contributed by atoms with van der Waals surface area (Å²) >= 11 is 0. The first-order valence-corrected chi connectivity index (χ1v) is 40.8. The van der Waals surface area contributed by atoms with Gasteiger partial charge in [0, 0.05) is 25.7 Å². The number of phosphoric ester groups is 2. The number of phosphoric acid groups is 2. The summed E-state index contributed by atoms with van der Waals surface area (Å²) in [5, 5.41) is 10.6. The van der Waals surface area contributed by atoms with E-state index in [0.29, 0.717) is 25.7 Å². The van der Waals surface area contributed by atoms with Crippen molar-refractivity contribution in [2.75, 3.05) is 39.6 Å². The lowest BCUT2D eigenvalue weighted by Crippen LogP contribution is -2.30. The van der Waals surface area contributed by atoms with Gasteiger partial charge in [0.05, 0.1) is 26.4 Å². The Morgan fingerprint density at radius 2 is 0.440 bits per heavy atom. The van der Waals surface area contributed by atoms with E-state index >= 15 is 0 Å². The van der Waals surface area contributed by atoms with Crippen LogP contribution < -0.4 is 0 Å². The Hall–Kier alpha value is -1.94. The van der Waals surface area contributed by atoms with E-state index in [1.165, 1.54) is 212 Å². The molecule has 17 nitrogen and oxygen atoms in total. The normalized spacial score (nSPS) is 14.0. The number of esters is 4. The standard InChI is InChI=1S/C72H140O17P2/c1-5-9-13-17-21-25-28-30-32-34-36-39-43-47-51-55-59-72(77)89-68(63-83-70(75)57-53-49-45-41-38-35-33-31-29-26-22-18-14-10-6-2)65-87-91(80,81)85-61-66(73)60-84-90(78,79)86-64-67(62-82-69(74)56-52-48-44-40-24-20-16-12-8-4)88-71(76)58-54-50-46-42-37-27-23-19-15-11-7-3/h66-68,73H,5-65H2,1-4H3,(H,78,79)(H,80,81)/t66-,67+,68+/m0/s1. The first-order valence-electron chi connectivity index (χ1n) is 37.8. The van der Waals surface area contributed by atoms with E-state index in [0.717, 1.165) is 89.9 Å². The monoisotopic (exact) mass is 1340 g/mol. The van der Waals surface area contributed by atoms with Crippen LogP contribution in [0.4, 0.5) is 0 Å². The third-order valence-corrected chi connectivity index (χ3v) is 18.8. The number of ether oxygens (including phenoxy) is 4. The Balaban J connectivity index is 5.22. The molecule has 0 fully saturated rings. The fourth-order valence-electron chi connectivity index (χ4n) is 11.0. The predicted octanol–water partition coefficient (Wildman–Crippen LogP) is 21.1. The third kappa shape index (κ3) is 66.5. The van der Waals surface area contributed by atoms with Crippen molar-refractivity contribution in [1.29, 1.82) is 0 Å². The van der Waals surface area contributed by atoms with Gasteiger partial charge in [-0.15, -0.1) is 0 Å². The van der Waals surface area contributed by atoms with E-state index in [2.05, 4.69) is 27.7 Å². The molecular weight excluding hydrogens is 1200 g/mol. The summed E-state index contributed by atoms with van der Waals surface area (Å²) < 4.78 is 68.3. The average molecular weight is 1340 g/mol. The first-order chi connectivity index (χ1) is 44.2. The molecule has 540 valence electrons. The Morgan fingerprint density at radius 1 is 0.264 bits per heavy atom. The number of carbonyl (C=O) groups excluding carboxylic acids is 4. The van der Waals surface area contributed by atoms with Crippen LogP contribution in [0.1, 0.15) is 381 Å². The first kappa shape index (κ1) is 89.1. The minimum atomic E-state index is -4.95. The highest BCUT2D eigenvalue weighted by Crippen LogP contribution is 2.45. The molecule has 19 heteroatoms. The maximum Gasteiger partial charge on any atom is 0.472 e. The van der Waals surface area contributed by atoms with Gasteiger partial charge < -0.3 is 33.8 Å². The summed E-state index contributed by atoms with van der Waals surface area (Å²) in [5.41, 5.74) is 0. The molecule has 0 saturated carbocycles. The predicted molar refractivity (Wildman–Crippen MR) is 368 cm³/mol. The number of rotatable bonds is 73. The van der Waals surface area contributed by atoms with Gasteiger partial charge in [0.2, 0.25) is 0 Å². The van der Waals surface area contributed by atoms with Crippen molar-refractivity contribution >= 4 is 39.5 Å². The zero-order valence-electron chi connectivity index (χ0n) is 58.8. The van der Waals surface area contributed by atoms with Crippen LogP contribution in [0.15, 0.2) is 0 Å². The summed E-state index contributed by atoms with van der Waals surface area (Å²) in [6.07, 6.45) is 55.3. The lowest BCUT2D eigenvalue weighted by molar-refractivity contribution is -0.161. The van der Waals surface area contributed by atoms with Gasteiger partial charge in [0.1, 0.15) is 19.3 Å². The van der Waals surface area contributed by atoms with Crippen LogP contribution in [0.2, 0.25) is 0 Å². The molecule has 0 aliphatic rings. The van der Waals surface area contributed by atoms with Crippen molar-refractivity contribution in [3.05, 3.63) is 0 Å². The fraction of sp³-hybridized carbons (Fsp3) is 0.944. The van der Waals surface area contributed by atoms with Gasteiger partial charge in [-0.05, 0) is 25.7 Å². The molecule has 3 N–H and O–H groups in total. The lowest BCUT2D eigenvalue weighted by atomic mass is 10.0. The summed E-state index contributed by atoms with van der Waals surface area (Å²) in [7, 11) is -9.90. The minimum Gasteiger partial charge on any atom is -0.462 e. The third-order valence-electron chi connectivity index (χ3n) is 16.9. The fourth-order valence-corrected chi connectivity index (χ4v) is 12.6. The molecule has 0 spiro atoms. The van der Waals surface area contributed by atoms with Gasteiger partial charge in [-0.1, -0.05) is 329 Å². The van der Waals surface area contributed by atoms with E-state index in [1.807, 2.05) is 0 Å². The summed E-state index contributed by atoms with van der Waals surface area (Å²) in [6, 6.07) is 0. The average Bonchev–Trinajstić information content (AvgIpc) is 3.59. The van der Waals surface area contributed by atoms with Crippen molar-refractivity contribution in [2.45, 2.75) is 399 Å². The summed E-state index contributed by atoms with van der Waals surface area (Å²) in [4.78, 5) is 72.6. The van der Waals surface area contributed by atoms with Crippen LogP contribution in [0.3, 0.4) is 0 Å². The Bertz CT molecular complexity index is 1740. The Morgan fingerprint density at radius 3 is 0.648 bits per heavy atom. The molecule has 0 aliphatic carbocycles. The Labute approximate surface area is 556 Å². The minimum absolute atomic E-state index is 0.107. The van der Waals surface area contributed by atoms with Gasteiger partial charge >= 0.3 is 39.5 Å². The molecule has 0 bridgehead atoms. The molecule has 0 amide bonds. The van der Waals surface area contributed by atoms with Gasteiger partial charge in [-0.25, -0.2) is 9.13 Å². The van der Waals surface area contributed by atoms with Gasteiger partial charge in [-0.2, -0.15) is 0 Å². The number of hydrogen-bond donors (Lipinski definition) is 3. The van der Waals surface area contributed by atoms with Gasteiger partial charge in [0.25, 0.3) is 0 Å². The topological polar surface area (TPSA) is 237 Å². The maximum atomic E-state index is 13.0. The molecular formula is C72H140O17P2. The zero-order valence-corrected chi connectivity index (χ0v) is 60.6. The maximum absolute atomic E-state index is 13.0. The molecule has 0 saturated heterocycles. The van der Waals surface area contributed by atoms with E-state index < -0.39 is 97.5 Å². The molecule has 0 aromatic rings. The summed E-state index contributed by atoms with van der Waals surface area (Å²) in [5.74, 6) is -2.12. The van der Waals surface area contributed by atoms with Crippen LogP contribution >= 0.6 is 15.6 Å². The summed E-state index contributed by atoms with van der Waals surface area (Å²) in [6.45, 7) is 4.95. The highest BCUT2D eigenvalue weighted by Gasteiger charge is 2.30. The van der Waals surface area contributed by atoms with Crippen molar-refractivity contribution in [1.82, 2.24) is 0 Å². The largest absolute Gasteiger partial charge is 0.472 e. The highest BCUT2D eigenvalue weighted by atomic mass is 31.2. The molecule has 0 radical (unpaired) electrons. The molecule has 5 atom stereocenters. The number of unbranched alkanes of at least 4 members (excludes halogenated alkanes) is 47. The number of carbonyl (C=O) groups is 4. The molecule has 0 heterocycles. The van der Waals surface area contributed by atoms with E-state index in [1.54, 1.807) is 0 Å². The lowest BCUT2D eigenvalue weighted by Gasteiger charge is -2.21. The van der Waals surface area contributed by atoms with E-state index in [4.69, 9.17) is 37.0 Å². The van der Waals surface area contributed by atoms with Crippen LogP contribution in [-0.4, -0.2) is 96.7 Å². The van der Waals surface area contributed by atoms with Crippen molar-refractivity contribution in [3.63, 3.8) is 0 Å². The molecule has 91 heavy (non-hydrogen) atoms. The number of hydrogen-bond acceptors (Lipinski definition) is 15. The molecule has 0 aromatic heterocycles.